The summed E-state index contributed by atoms with van der Waals surface area (Å²) in [6, 6.07) is 1.81. The number of carbonyl (C=O) groups is 1. The van der Waals surface area contributed by atoms with Crippen molar-refractivity contribution in [3.05, 3.63) is 17.5 Å². The molecule has 0 aliphatic carbocycles. The molecule has 2 rings (SSSR count). The van der Waals surface area contributed by atoms with Crippen LogP contribution in [-0.4, -0.2) is 5.78 Å². The van der Waals surface area contributed by atoms with E-state index in [-0.39, 0.29) is 5.78 Å². The van der Waals surface area contributed by atoms with Crippen molar-refractivity contribution >= 4 is 5.78 Å². The number of carbonyl (C=O) groups excluding carboxylic acids is 1. The minimum atomic E-state index is 0.202. The quantitative estimate of drug-likeness (QED) is 0.516. The van der Waals surface area contributed by atoms with Gasteiger partial charge in [0.2, 0.25) is 5.78 Å². The average molecular weight is 152 g/mol. The molecule has 1 aromatic heterocycles. The Morgan fingerprint density at radius 2 is 2.45 bits per heavy atom. The van der Waals surface area contributed by atoms with Crippen LogP contribution in [0.4, 0.5) is 0 Å². The van der Waals surface area contributed by atoms with Gasteiger partial charge >= 0.3 is 0 Å². The summed E-state index contributed by atoms with van der Waals surface area (Å²) in [5.41, 5.74) is 0.730. The van der Waals surface area contributed by atoms with Gasteiger partial charge in [-0.15, -0.1) is 0 Å². The largest absolute Gasteiger partial charge is 0.297 e. The molecule has 3 heteroatoms. The van der Waals surface area contributed by atoms with Crippen LogP contribution < -0.4 is 4.74 Å². The maximum atomic E-state index is 11.2. The fourth-order valence-corrected chi connectivity index (χ4v) is 1.41. The van der Waals surface area contributed by atoms with Crippen LogP contribution >= 0.6 is 0 Å². The number of nitrogens with zero attached hydrogens (tertiary/aromatic N) is 1. The van der Waals surface area contributed by atoms with Crippen molar-refractivity contribution in [2.45, 2.75) is 26.3 Å². The maximum absolute atomic E-state index is 11.2. The number of Topliss-reactive ketones (excluding diaryl/α,β-unsaturated/α-hetero) is 1. The van der Waals surface area contributed by atoms with Crippen molar-refractivity contribution in [1.29, 1.82) is 0 Å². The molecule has 0 N–H and O–H groups in total. The van der Waals surface area contributed by atoms with E-state index in [0.29, 0.717) is 6.42 Å². The number of aromatic nitrogens is 1. The van der Waals surface area contributed by atoms with Crippen LogP contribution in [0.25, 0.3) is 0 Å². The molecule has 1 aliphatic heterocycles. The zero-order valence-corrected chi connectivity index (χ0v) is 6.46. The Kier molecular flexibility index (Phi) is 1.31. The van der Waals surface area contributed by atoms with Crippen LogP contribution in [0.1, 0.15) is 29.1 Å². The van der Waals surface area contributed by atoms with E-state index in [0.717, 1.165) is 24.4 Å². The summed E-state index contributed by atoms with van der Waals surface area (Å²) in [5.74, 6) is 1.02. The Balaban J connectivity index is 2.52. The number of hydrogen-bond acceptors (Lipinski definition) is 2. The first kappa shape index (κ1) is 6.58. The lowest BCUT2D eigenvalue weighted by molar-refractivity contribution is -0.867. The molecule has 0 aromatic carbocycles. The van der Waals surface area contributed by atoms with Gasteiger partial charge in [-0.25, -0.2) is 4.52 Å². The van der Waals surface area contributed by atoms with E-state index in [1.54, 1.807) is 4.74 Å². The summed E-state index contributed by atoms with van der Waals surface area (Å²) >= 11 is 0. The third-order valence-electron chi connectivity index (χ3n) is 1.91. The normalized spacial score (nSPS) is 16.6. The summed E-state index contributed by atoms with van der Waals surface area (Å²) in [6.45, 7) is 2.70. The first-order valence-corrected chi connectivity index (χ1v) is 3.81. The Morgan fingerprint density at radius 1 is 1.64 bits per heavy atom. The first-order chi connectivity index (χ1) is 5.27. The summed E-state index contributed by atoms with van der Waals surface area (Å²) < 4.78 is 6.95. The van der Waals surface area contributed by atoms with Gasteiger partial charge in [-0.1, -0.05) is 0 Å². The van der Waals surface area contributed by atoms with Gasteiger partial charge in [-0.3, -0.25) is 4.79 Å². The van der Waals surface area contributed by atoms with E-state index in [4.69, 9.17) is 4.52 Å². The molecular formula is C8H10NO2+. The van der Waals surface area contributed by atoms with Crippen molar-refractivity contribution in [3.63, 3.8) is 0 Å². The number of fused-ring (bicyclic) bond motifs is 1. The molecule has 0 saturated carbocycles. The molecule has 3 nitrogen and oxygen atoms in total. The topological polar surface area (TPSA) is 34.1 Å². The van der Waals surface area contributed by atoms with Crippen LogP contribution in [0.15, 0.2) is 10.6 Å². The molecule has 11 heavy (non-hydrogen) atoms. The number of hydrogen-bond donors (Lipinski definition) is 0. The van der Waals surface area contributed by atoms with E-state index < -0.39 is 0 Å². The van der Waals surface area contributed by atoms with Crippen molar-refractivity contribution in [2.24, 2.45) is 0 Å². The van der Waals surface area contributed by atoms with Crippen molar-refractivity contribution in [2.75, 3.05) is 0 Å². The molecule has 1 aliphatic rings. The lowest BCUT2D eigenvalue weighted by atomic mass is 10.1. The van der Waals surface area contributed by atoms with E-state index in [2.05, 4.69) is 0 Å². The fraction of sp³-hybridized carbons (Fsp3) is 0.500. The zero-order chi connectivity index (χ0) is 7.84. The molecule has 58 valence electrons. The molecular weight excluding hydrogens is 142 g/mol. The molecule has 0 spiro atoms. The molecule has 0 atom stereocenters. The molecule has 0 amide bonds. The maximum Gasteiger partial charge on any atom is 0.297 e. The second-order valence-electron chi connectivity index (χ2n) is 2.86. The van der Waals surface area contributed by atoms with Gasteiger partial charge < -0.3 is 0 Å². The smallest absolute Gasteiger partial charge is 0.287 e. The third-order valence-corrected chi connectivity index (χ3v) is 1.91. The van der Waals surface area contributed by atoms with Crippen molar-refractivity contribution in [3.8, 4) is 0 Å². The predicted octanol–water partition coefficient (Wildman–Crippen LogP) is 0.852. The van der Waals surface area contributed by atoms with Gasteiger partial charge in [0.25, 0.3) is 5.69 Å². The Hall–Kier alpha value is -1.12. The van der Waals surface area contributed by atoms with E-state index in [9.17, 15) is 4.79 Å². The highest BCUT2D eigenvalue weighted by molar-refractivity contribution is 5.93. The molecule has 0 unspecified atom stereocenters. The standard InChI is InChI=1S/C8H10NO2/c1-6-5-7-8(10)3-2-4-9(7)11-6/h5H,2-4H2,1H3/q+1. The number of ketones is 1. The van der Waals surface area contributed by atoms with Crippen LogP contribution in [0.5, 0.6) is 0 Å². The molecule has 0 radical (unpaired) electrons. The molecule has 0 fully saturated rings. The molecule has 1 aromatic rings. The van der Waals surface area contributed by atoms with Gasteiger partial charge in [0, 0.05) is 19.8 Å². The monoisotopic (exact) mass is 152 g/mol. The highest BCUT2D eigenvalue weighted by Gasteiger charge is 2.28. The molecule has 0 saturated heterocycles. The SMILES string of the molecule is Cc1cc2[n+](o1)CCCC2=O. The van der Waals surface area contributed by atoms with E-state index >= 15 is 0 Å². The second kappa shape index (κ2) is 2.19. The van der Waals surface area contributed by atoms with Gasteiger partial charge in [0.15, 0.2) is 12.3 Å². The number of aryl methyl sites for hydroxylation is 2. The Bertz CT molecular complexity index is 301. The van der Waals surface area contributed by atoms with E-state index in [1.807, 2.05) is 13.0 Å². The van der Waals surface area contributed by atoms with Gasteiger partial charge in [-0.2, -0.15) is 0 Å². The molecule has 2 heterocycles. The summed E-state index contributed by atoms with van der Waals surface area (Å²) in [5, 5.41) is 0. The first-order valence-electron chi connectivity index (χ1n) is 3.81. The van der Waals surface area contributed by atoms with Crippen molar-refractivity contribution < 1.29 is 14.1 Å². The second-order valence-corrected chi connectivity index (χ2v) is 2.86. The Morgan fingerprint density at radius 3 is 3.18 bits per heavy atom. The lowest BCUT2D eigenvalue weighted by Crippen LogP contribution is -2.41. The van der Waals surface area contributed by atoms with Crippen LogP contribution in [-0.2, 0) is 6.54 Å². The Labute approximate surface area is 64.6 Å². The van der Waals surface area contributed by atoms with Crippen molar-refractivity contribution in [1.82, 2.24) is 0 Å². The van der Waals surface area contributed by atoms with Crippen LogP contribution in [0.2, 0.25) is 0 Å². The highest BCUT2D eigenvalue weighted by atomic mass is 16.5. The molecule has 0 bridgehead atoms. The van der Waals surface area contributed by atoms with Gasteiger partial charge in [0.1, 0.15) is 0 Å². The minimum absolute atomic E-state index is 0.202. The number of rotatable bonds is 0. The lowest BCUT2D eigenvalue weighted by Gasteiger charge is -1.99. The predicted molar refractivity (Wildman–Crippen MR) is 37.2 cm³/mol. The third kappa shape index (κ3) is 0.964. The average Bonchev–Trinajstić information content (AvgIpc) is 2.31. The summed E-state index contributed by atoms with van der Waals surface area (Å²) in [4.78, 5) is 11.2. The fourth-order valence-electron chi connectivity index (χ4n) is 1.41. The van der Waals surface area contributed by atoms with E-state index in [1.165, 1.54) is 0 Å². The van der Waals surface area contributed by atoms with Gasteiger partial charge in [-0.05, 0) is 4.74 Å². The zero-order valence-electron chi connectivity index (χ0n) is 6.46. The minimum Gasteiger partial charge on any atom is -0.287 e. The van der Waals surface area contributed by atoms with Crippen LogP contribution in [0.3, 0.4) is 0 Å². The summed E-state index contributed by atoms with van der Waals surface area (Å²) in [7, 11) is 0. The van der Waals surface area contributed by atoms with Gasteiger partial charge in [0.05, 0.1) is 6.07 Å². The highest BCUT2D eigenvalue weighted by Crippen LogP contribution is 2.09. The summed E-state index contributed by atoms with van der Waals surface area (Å²) in [6.07, 6.45) is 1.57. The van der Waals surface area contributed by atoms with Crippen LogP contribution in [0, 0.1) is 6.92 Å².